The Hall–Kier alpha value is -5.09. The van der Waals surface area contributed by atoms with Gasteiger partial charge in [0.05, 0.1) is 35.7 Å². The third-order valence-corrected chi connectivity index (χ3v) is 7.70. The fourth-order valence-electron chi connectivity index (χ4n) is 5.19. The summed E-state index contributed by atoms with van der Waals surface area (Å²) < 4.78 is 17.5. The van der Waals surface area contributed by atoms with E-state index in [1.165, 1.54) is 12.1 Å². The van der Waals surface area contributed by atoms with Crippen molar-refractivity contribution >= 4 is 28.4 Å². The first-order valence-electron chi connectivity index (χ1n) is 13.9. The number of nitrogens with one attached hydrogen (secondary N) is 3. The number of likely N-dealkylation sites (N-methyl/N-ethyl adjacent to an activating group) is 1. The first-order chi connectivity index (χ1) is 20.6. The number of nitrogens with zero attached hydrogens (tertiary/aromatic N) is 3. The van der Waals surface area contributed by atoms with Gasteiger partial charge in [-0.2, -0.15) is 0 Å². The molecule has 9 nitrogen and oxygen atoms in total. The van der Waals surface area contributed by atoms with Crippen molar-refractivity contribution < 1.29 is 14.0 Å². The first kappa shape index (κ1) is 29.4. The number of carbonyl (C=O) groups excluding carboxylic acids is 2. The summed E-state index contributed by atoms with van der Waals surface area (Å²) >= 11 is 0. The number of fused-ring (bicyclic) bond motifs is 1. The van der Waals surface area contributed by atoms with Gasteiger partial charge in [0.1, 0.15) is 11.5 Å². The number of benzene rings is 2. The monoisotopic (exact) mass is 580 g/mol. The van der Waals surface area contributed by atoms with E-state index in [9.17, 15) is 18.8 Å². The Morgan fingerprint density at radius 1 is 1.02 bits per heavy atom. The molecule has 0 saturated heterocycles. The van der Waals surface area contributed by atoms with Gasteiger partial charge in [0.2, 0.25) is 5.91 Å². The molecule has 43 heavy (non-hydrogen) atoms. The molecule has 3 heterocycles. The fourth-order valence-corrected chi connectivity index (χ4v) is 5.19. The summed E-state index contributed by atoms with van der Waals surface area (Å²) in [6.07, 6.45) is 5.32. The molecule has 0 saturated carbocycles. The number of aromatic nitrogens is 3. The van der Waals surface area contributed by atoms with Gasteiger partial charge >= 0.3 is 0 Å². The van der Waals surface area contributed by atoms with Gasteiger partial charge in [-0.05, 0) is 87.0 Å². The number of hydrogen-bond acceptors (Lipinski definition) is 5. The lowest BCUT2D eigenvalue weighted by molar-refractivity contribution is -0.117. The molecule has 3 N–H and O–H groups in total. The van der Waals surface area contributed by atoms with Crippen molar-refractivity contribution in [2.45, 2.75) is 33.4 Å². The molecular weight excluding hydrogens is 547 g/mol. The molecule has 0 radical (unpaired) electrons. The number of aryl methyl sites for hydroxylation is 1. The van der Waals surface area contributed by atoms with Gasteiger partial charge in [-0.15, -0.1) is 0 Å². The molecule has 0 fully saturated rings. The van der Waals surface area contributed by atoms with Crippen LogP contribution in [0.2, 0.25) is 0 Å². The zero-order chi connectivity index (χ0) is 30.8. The molecular formula is C33H33FN6O3. The highest BCUT2D eigenvalue weighted by molar-refractivity contribution is 5.97. The lowest BCUT2D eigenvalue weighted by atomic mass is 9.98. The highest BCUT2D eigenvalue weighted by Gasteiger charge is 2.19. The second-order valence-electron chi connectivity index (χ2n) is 10.5. The fraction of sp³-hybridized carbons (Fsp3) is 0.212. The number of carbonyl (C=O) groups is 2. The average Bonchev–Trinajstić information content (AvgIpc) is 3.34. The molecule has 0 aliphatic heterocycles. The number of pyridine rings is 2. The van der Waals surface area contributed by atoms with Gasteiger partial charge < -0.3 is 25.1 Å². The van der Waals surface area contributed by atoms with Gasteiger partial charge in [0.25, 0.3) is 11.5 Å². The third kappa shape index (κ3) is 5.69. The number of hydrogen-bond donors (Lipinski definition) is 3. The molecule has 1 unspecified atom stereocenters. The van der Waals surface area contributed by atoms with Gasteiger partial charge in [-0.1, -0.05) is 12.1 Å². The minimum absolute atomic E-state index is 0.133. The molecule has 1 atom stereocenters. The van der Waals surface area contributed by atoms with E-state index in [4.69, 9.17) is 0 Å². The summed E-state index contributed by atoms with van der Waals surface area (Å²) in [5.74, 6) is -0.880. The van der Waals surface area contributed by atoms with Gasteiger partial charge in [0.15, 0.2) is 0 Å². The zero-order valence-electron chi connectivity index (χ0n) is 24.7. The summed E-state index contributed by atoms with van der Waals surface area (Å²) in [6, 6.07) is 14.8. The second-order valence-corrected chi connectivity index (χ2v) is 10.5. The zero-order valence-corrected chi connectivity index (χ0v) is 24.7. The maximum Gasteiger partial charge on any atom is 0.275 e. The summed E-state index contributed by atoms with van der Waals surface area (Å²) in [7, 11) is 3.24. The van der Waals surface area contributed by atoms with Gasteiger partial charge in [-0.25, -0.2) is 4.39 Å². The Morgan fingerprint density at radius 3 is 2.56 bits per heavy atom. The van der Waals surface area contributed by atoms with Crippen molar-refractivity contribution in [3.8, 4) is 16.9 Å². The predicted octanol–water partition coefficient (Wildman–Crippen LogP) is 4.56. The number of halogens is 1. The molecule has 0 aliphatic rings. The highest BCUT2D eigenvalue weighted by atomic mass is 19.1. The summed E-state index contributed by atoms with van der Waals surface area (Å²) in [5, 5.41) is 9.07. The van der Waals surface area contributed by atoms with Crippen molar-refractivity contribution in [1.82, 2.24) is 24.8 Å². The normalized spacial score (nSPS) is 11.9. The minimum atomic E-state index is -0.506. The van der Waals surface area contributed by atoms with Crippen LogP contribution >= 0.6 is 0 Å². The van der Waals surface area contributed by atoms with Crippen LogP contribution in [-0.4, -0.2) is 46.1 Å². The Balaban J connectivity index is 1.63. The topological polar surface area (TPSA) is 110 Å². The van der Waals surface area contributed by atoms with Crippen LogP contribution in [0.5, 0.6) is 0 Å². The van der Waals surface area contributed by atoms with Crippen LogP contribution in [0.3, 0.4) is 0 Å². The largest absolute Gasteiger partial charge is 0.355 e. The summed E-state index contributed by atoms with van der Waals surface area (Å²) in [5.41, 5.74) is 5.46. The summed E-state index contributed by atoms with van der Waals surface area (Å²) in [6.45, 7) is 5.60. The number of rotatable bonds is 8. The summed E-state index contributed by atoms with van der Waals surface area (Å²) in [4.78, 5) is 43.6. The third-order valence-electron chi connectivity index (χ3n) is 7.70. The molecule has 5 aromatic rings. The SMILES string of the molecule is CNC(=O)c1cccc(-c2ccc(NC(=O)C(C)NC)c(=O)n2Cc2cncc(-n3cc(C)c4cc(F)ccc43)c2)c1C. The maximum atomic E-state index is 14.0. The van der Waals surface area contributed by atoms with E-state index in [2.05, 4.69) is 20.9 Å². The minimum Gasteiger partial charge on any atom is -0.355 e. The first-order valence-corrected chi connectivity index (χ1v) is 13.9. The van der Waals surface area contributed by atoms with E-state index >= 15 is 0 Å². The number of amides is 2. The van der Waals surface area contributed by atoms with Gasteiger partial charge in [0, 0.05) is 36.0 Å². The maximum absolute atomic E-state index is 14.0. The average molecular weight is 581 g/mol. The van der Waals surface area contributed by atoms with Gasteiger partial charge in [-0.3, -0.25) is 19.4 Å². The predicted molar refractivity (Wildman–Crippen MR) is 166 cm³/mol. The highest BCUT2D eigenvalue weighted by Crippen LogP contribution is 2.28. The Labute approximate surface area is 248 Å². The smallest absolute Gasteiger partial charge is 0.275 e. The van der Waals surface area contributed by atoms with Crippen molar-refractivity contribution in [3.05, 3.63) is 112 Å². The van der Waals surface area contributed by atoms with E-state index in [1.54, 1.807) is 68.3 Å². The molecule has 0 bridgehead atoms. The molecule has 0 spiro atoms. The van der Waals surface area contributed by atoms with Crippen LogP contribution in [0.15, 0.2) is 78.0 Å². The van der Waals surface area contributed by atoms with Crippen LogP contribution in [0, 0.1) is 19.7 Å². The second kappa shape index (κ2) is 12.0. The quantitative estimate of drug-likeness (QED) is 0.249. The van der Waals surface area contributed by atoms with Crippen LogP contribution < -0.4 is 21.5 Å². The van der Waals surface area contributed by atoms with E-state index in [1.807, 2.05) is 36.7 Å². The molecule has 0 aliphatic carbocycles. The van der Waals surface area contributed by atoms with Crippen molar-refractivity contribution in [2.75, 3.05) is 19.4 Å². The van der Waals surface area contributed by atoms with E-state index in [-0.39, 0.29) is 29.9 Å². The van der Waals surface area contributed by atoms with Crippen molar-refractivity contribution in [1.29, 1.82) is 0 Å². The lowest BCUT2D eigenvalue weighted by Gasteiger charge is -2.19. The van der Waals surface area contributed by atoms with E-state index in [0.29, 0.717) is 22.4 Å². The van der Waals surface area contributed by atoms with Crippen LogP contribution in [0.25, 0.3) is 27.8 Å². The molecule has 2 amide bonds. The van der Waals surface area contributed by atoms with Crippen LogP contribution in [-0.2, 0) is 11.3 Å². The lowest BCUT2D eigenvalue weighted by Crippen LogP contribution is -2.37. The molecule has 3 aromatic heterocycles. The van der Waals surface area contributed by atoms with Crippen LogP contribution in [0.1, 0.15) is 34.0 Å². The molecule has 10 heteroatoms. The Morgan fingerprint density at radius 2 is 1.81 bits per heavy atom. The molecule has 2 aromatic carbocycles. The Kier molecular flexibility index (Phi) is 8.22. The molecule has 220 valence electrons. The van der Waals surface area contributed by atoms with Crippen LogP contribution in [0.4, 0.5) is 10.1 Å². The number of anilines is 1. The molecule has 5 rings (SSSR count). The van der Waals surface area contributed by atoms with E-state index < -0.39 is 11.6 Å². The Bertz CT molecular complexity index is 1930. The van der Waals surface area contributed by atoms with E-state index in [0.717, 1.165) is 27.7 Å². The van der Waals surface area contributed by atoms with Crippen molar-refractivity contribution in [3.63, 3.8) is 0 Å². The van der Waals surface area contributed by atoms with Crippen molar-refractivity contribution in [2.24, 2.45) is 0 Å². The standard InChI is InChI=1S/C33H33FN6O3/c1-19-17-39(30-11-9-23(34)14-27(19)30)24-13-22(15-37-16-24)18-40-29(25-7-6-8-26(20(25)2)32(42)36-5)12-10-28(33(40)43)38-31(41)21(3)35-4/h6-17,21,35H,18H2,1-5H3,(H,36,42)(H,38,41).